The van der Waals surface area contributed by atoms with E-state index < -0.39 is 11.4 Å². The minimum Gasteiger partial charge on any atom is -0.321 e. The van der Waals surface area contributed by atoms with E-state index >= 15 is 0 Å². The average Bonchev–Trinajstić information content (AvgIpc) is 2.85. The van der Waals surface area contributed by atoms with E-state index in [2.05, 4.69) is 48.5 Å². The maximum absolute atomic E-state index is 6.09. The van der Waals surface area contributed by atoms with Gasteiger partial charge in [-0.05, 0) is 47.9 Å². The summed E-state index contributed by atoms with van der Waals surface area (Å²) in [6, 6.07) is 20.8. The highest BCUT2D eigenvalue weighted by atomic mass is 32.9. The lowest BCUT2D eigenvalue weighted by Crippen LogP contribution is -2.45. The summed E-state index contributed by atoms with van der Waals surface area (Å²) < 4.78 is 24.4. The van der Waals surface area contributed by atoms with Crippen molar-refractivity contribution < 1.29 is 18.1 Å². The molecule has 0 unspecified atom stereocenters. The van der Waals surface area contributed by atoms with Crippen LogP contribution in [-0.2, 0) is 41.7 Å². The first-order valence-electron chi connectivity index (χ1n) is 10.4. The van der Waals surface area contributed by atoms with Crippen LogP contribution in [0.3, 0.4) is 0 Å². The number of rotatable bonds is 10. The van der Waals surface area contributed by atoms with E-state index in [9.17, 15) is 0 Å². The Balaban J connectivity index is 1.14. The van der Waals surface area contributed by atoms with Crippen LogP contribution >= 0.6 is 57.7 Å². The van der Waals surface area contributed by atoms with Crippen LogP contribution in [-0.4, -0.2) is 49.4 Å². The molecule has 0 amide bonds. The minimum atomic E-state index is -2.31. The molecule has 0 aliphatic carbocycles. The normalized spacial score (nSPS) is 29.8. The molecule has 33 heavy (non-hydrogen) atoms. The molecule has 0 saturated carbocycles. The van der Waals surface area contributed by atoms with E-state index in [0.29, 0.717) is 26.4 Å². The first-order chi connectivity index (χ1) is 16.0. The van der Waals surface area contributed by atoms with Gasteiger partial charge in [-0.25, -0.2) is 0 Å². The lowest BCUT2D eigenvalue weighted by Gasteiger charge is -2.44. The van der Waals surface area contributed by atoms with E-state index in [0.717, 1.165) is 23.0 Å². The van der Waals surface area contributed by atoms with Gasteiger partial charge < -0.3 is 18.1 Å². The molecule has 2 aromatic carbocycles. The second-order valence-electron chi connectivity index (χ2n) is 7.48. The van der Waals surface area contributed by atoms with Gasteiger partial charge in [0, 0.05) is 32.8 Å². The molecule has 12 heteroatoms. The van der Waals surface area contributed by atoms with Gasteiger partial charge in [0.1, 0.15) is 0 Å². The Kier molecular flexibility index (Phi) is 10.6. The number of thioether (sulfide) groups is 2. The van der Waals surface area contributed by atoms with Crippen LogP contribution in [0.15, 0.2) is 70.5 Å². The predicted octanol–water partition coefficient (Wildman–Crippen LogP) is 7.57. The summed E-state index contributed by atoms with van der Waals surface area (Å²) in [5.74, 6) is 3.74. The largest absolute Gasteiger partial charge is 0.321 e. The van der Waals surface area contributed by atoms with Crippen molar-refractivity contribution in [1.82, 2.24) is 0 Å². The summed E-state index contributed by atoms with van der Waals surface area (Å²) in [5, 5.41) is 0. The third-order valence-corrected chi connectivity index (χ3v) is 18.0. The third-order valence-electron chi connectivity index (χ3n) is 4.80. The lowest BCUT2D eigenvalue weighted by atomic mass is 9.93. The van der Waals surface area contributed by atoms with E-state index in [4.69, 9.17) is 41.7 Å². The Bertz CT molecular complexity index is 874. The highest BCUT2D eigenvalue weighted by molar-refractivity contribution is 8.68. The molecule has 0 N–H and O–H groups in total. The Labute approximate surface area is 223 Å². The highest BCUT2D eigenvalue weighted by Gasteiger charge is 2.46. The summed E-state index contributed by atoms with van der Waals surface area (Å²) in [4.78, 5) is 2.53. The van der Waals surface area contributed by atoms with Crippen molar-refractivity contribution in [1.29, 1.82) is 0 Å². The monoisotopic (exact) mass is 596 g/mol. The Hall–Kier alpha value is 0.980. The molecule has 2 fully saturated rings. The molecular weight excluding hydrogens is 571 g/mol. The van der Waals surface area contributed by atoms with E-state index in [1.54, 1.807) is 22.8 Å². The van der Waals surface area contributed by atoms with E-state index in [1.165, 1.54) is 9.79 Å². The summed E-state index contributed by atoms with van der Waals surface area (Å²) >= 11 is 18.3. The van der Waals surface area contributed by atoms with Crippen LogP contribution in [0.25, 0.3) is 0 Å². The Morgan fingerprint density at radius 2 is 0.970 bits per heavy atom. The number of hydrogen-bond donors (Lipinski definition) is 0. The molecule has 1 spiro atoms. The number of benzene rings is 2. The highest BCUT2D eigenvalue weighted by Crippen LogP contribution is 2.68. The second kappa shape index (κ2) is 13.0. The topological polar surface area (TPSA) is 36.9 Å². The van der Waals surface area contributed by atoms with Crippen LogP contribution < -0.4 is 0 Å². The fraction of sp³-hybridized carbons (Fsp3) is 0.429. The zero-order valence-electron chi connectivity index (χ0n) is 17.9. The van der Waals surface area contributed by atoms with Crippen LogP contribution in [0.1, 0.15) is 0 Å². The van der Waals surface area contributed by atoms with E-state index in [-0.39, 0.29) is 5.41 Å². The van der Waals surface area contributed by atoms with Gasteiger partial charge in [0.25, 0.3) is 0 Å². The fourth-order valence-electron chi connectivity index (χ4n) is 2.99. The SMILES string of the molecule is S=P1(SCCSc2ccccc2)OCC2(CO1)COP(=S)(SCCSc1ccccc1)OC2. The smallest absolute Gasteiger partial charge is 0.247 e. The van der Waals surface area contributed by atoms with Crippen LogP contribution in [0.4, 0.5) is 0 Å². The molecule has 4 rings (SSSR count). The van der Waals surface area contributed by atoms with Gasteiger partial charge in [-0.15, -0.1) is 23.5 Å². The first-order valence-corrected chi connectivity index (χ1v) is 20.8. The van der Waals surface area contributed by atoms with Crippen LogP contribution in [0.5, 0.6) is 0 Å². The molecule has 2 heterocycles. The zero-order chi connectivity index (χ0) is 23.0. The summed E-state index contributed by atoms with van der Waals surface area (Å²) in [7, 11) is 0. The standard InChI is InChI=1S/C21H26O4P2S6/c28-26(32-13-11-30-19-7-3-1-4-8-19)22-15-21(16-23-26)17-24-27(29,25-18-21)33-14-12-31-20-9-5-2-6-10-20/h1-10H,11-18H2. The molecular formula is C21H26O4P2S6. The molecule has 0 aromatic heterocycles. The van der Waals surface area contributed by atoms with Gasteiger partial charge in [0.15, 0.2) is 0 Å². The van der Waals surface area contributed by atoms with Crippen molar-refractivity contribution in [2.24, 2.45) is 5.41 Å². The van der Waals surface area contributed by atoms with E-state index in [1.807, 2.05) is 35.7 Å². The van der Waals surface area contributed by atoms with Gasteiger partial charge in [0.2, 0.25) is 11.4 Å². The quantitative estimate of drug-likeness (QED) is 0.156. The minimum absolute atomic E-state index is 0.302. The van der Waals surface area contributed by atoms with Gasteiger partial charge >= 0.3 is 0 Å². The first kappa shape index (κ1) is 27.0. The maximum Gasteiger partial charge on any atom is 0.247 e. The average molecular weight is 597 g/mol. The molecule has 0 bridgehead atoms. The maximum atomic E-state index is 6.09. The second-order valence-corrected chi connectivity index (χ2v) is 22.7. The van der Waals surface area contributed by atoms with Crippen LogP contribution in [0, 0.1) is 5.41 Å². The molecule has 2 aliphatic heterocycles. The van der Waals surface area contributed by atoms with Gasteiger partial charge in [0.05, 0.1) is 31.8 Å². The molecule has 2 aromatic rings. The lowest BCUT2D eigenvalue weighted by molar-refractivity contribution is -0.0485. The van der Waals surface area contributed by atoms with Gasteiger partial charge in [-0.2, -0.15) is 0 Å². The Morgan fingerprint density at radius 3 is 1.33 bits per heavy atom. The van der Waals surface area contributed by atoms with Crippen molar-refractivity contribution in [3.63, 3.8) is 0 Å². The molecule has 0 radical (unpaired) electrons. The van der Waals surface area contributed by atoms with Crippen molar-refractivity contribution in [3.8, 4) is 0 Å². The van der Waals surface area contributed by atoms with Gasteiger partial charge in [-0.3, -0.25) is 0 Å². The number of hydrogen-bond acceptors (Lipinski definition) is 10. The zero-order valence-corrected chi connectivity index (χ0v) is 24.6. The van der Waals surface area contributed by atoms with Crippen molar-refractivity contribution in [2.45, 2.75) is 9.79 Å². The summed E-state index contributed by atoms with van der Waals surface area (Å²) in [6.07, 6.45) is 0. The third kappa shape index (κ3) is 8.51. The predicted molar refractivity (Wildman–Crippen MR) is 154 cm³/mol. The summed E-state index contributed by atoms with van der Waals surface area (Å²) in [5.41, 5.74) is -4.92. The molecule has 0 atom stereocenters. The summed E-state index contributed by atoms with van der Waals surface area (Å²) in [6.45, 7) is 2.03. The fourth-order valence-corrected chi connectivity index (χ4v) is 14.2. The molecule has 180 valence electrons. The van der Waals surface area contributed by atoms with Crippen molar-refractivity contribution in [2.75, 3.05) is 49.4 Å². The molecule has 2 aliphatic rings. The van der Waals surface area contributed by atoms with Crippen molar-refractivity contribution >= 4 is 81.3 Å². The molecule has 4 nitrogen and oxygen atoms in total. The van der Waals surface area contributed by atoms with Gasteiger partial charge in [-0.1, -0.05) is 59.2 Å². The Morgan fingerprint density at radius 1 is 0.606 bits per heavy atom. The van der Waals surface area contributed by atoms with Crippen molar-refractivity contribution in [3.05, 3.63) is 60.7 Å². The molecule has 2 saturated heterocycles. The van der Waals surface area contributed by atoms with Crippen LogP contribution in [0.2, 0.25) is 0 Å².